The Morgan fingerprint density at radius 1 is 1.42 bits per heavy atom. The van der Waals surface area contributed by atoms with Crippen LogP contribution in [0.3, 0.4) is 0 Å². The molecule has 6 heteroatoms. The predicted molar refractivity (Wildman–Crippen MR) is 95.7 cm³/mol. The van der Waals surface area contributed by atoms with E-state index in [0.717, 1.165) is 12.5 Å². The lowest BCUT2D eigenvalue weighted by molar-refractivity contribution is 0.242. The van der Waals surface area contributed by atoms with Crippen LogP contribution in [0.5, 0.6) is 0 Å². The Labute approximate surface area is 138 Å². The van der Waals surface area contributed by atoms with Crippen LogP contribution in [0.1, 0.15) is 25.7 Å². The molecule has 1 saturated heterocycles. The zero-order valence-electron chi connectivity index (χ0n) is 12.3. The summed E-state index contributed by atoms with van der Waals surface area (Å²) in [6.07, 6.45) is 7.18. The number of nitrogens with zero attached hydrogens (tertiary/aromatic N) is 3. The van der Waals surface area contributed by atoms with Gasteiger partial charge in [-0.15, -0.1) is 24.0 Å². The Morgan fingerprint density at radius 2 is 2.00 bits per heavy atom. The molecule has 2 N–H and O–H groups in total. The molecule has 112 valence electrons. The predicted octanol–water partition coefficient (Wildman–Crippen LogP) is 1.84. The second kappa shape index (κ2) is 7.36. The van der Waals surface area contributed by atoms with Gasteiger partial charge in [-0.3, -0.25) is 4.99 Å². The summed E-state index contributed by atoms with van der Waals surface area (Å²) in [4.78, 5) is 9.20. The van der Waals surface area contributed by atoms with Crippen molar-refractivity contribution in [2.75, 3.05) is 40.0 Å². The average molecular weight is 398 g/mol. The van der Waals surface area contributed by atoms with Crippen LogP contribution >= 0.6 is 35.7 Å². The van der Waals surface area contributed by atoms with Gasteiger partial charge in [-0.1, -0.05) is 0 Å². The van der Waals surface area contributed by atoms with Crippen molar-refractivity contribution in [3.8, 4) is 0 Å². The molecule has 2 rings (SSSR count). The van der Waals surface area contributed by atoms with Crippen LogP contribution in [0.4, 0.5) is 0 Å². The first-order chi connectivity index (χ1) is 8.56. The first kappa shape index (κ1) is 17.4. The number of likely N-dealkylation sites (tertiary alicyclic amines) is 1. The normalized spacial score (nSPS) is 23.8. The largest absolute Gasteiger partial charge is 0.370 e. The summed E-state index contributed by atoms with van der Waals surface area (Å²) in [5, 5.41) is 0. The van der Waals surface area contributed by atoms with E-state index >= 15 is 0 Å². The Morgan fingerprint density at radius 3 is 2.47 bits per heavy atom. The molecule has 0 unspecified atom stereocenters. The topological polar surface area (TPSA) is 44.9 Å². The van der Waals surface area contributed by atoms with E-state index in [0.29, 0.717) is 10.8 Å². The van der Waals surface area contributed by atoms with Gasteiger partial charge < -0.3 is 15.5 Å². The first-order valence-electron chi connectivity index (χ1n) is 6.83. The second-order valence-corrected chi connectivity index (χ2v) is 6.98. The Kier molecular flexibility index (Phi) is 6.72. The molecule has 0 spiro atoms. The van der Waals surface area contributed by atoms with Gasteiger partial charge in [-0.05, 0) is 52.1 Å². The smallest absolute Gasteiger partial charge is 0.191 e. The van der Waals surface area contributed by atoms with E-state index in [2.05, 4.69) is 35.1 Å². The molecule has 0 radical (unpaired) electrons. The SMILES string of the molecule is CSC1(CN=C(N)N(C)C2CC2)CCN(C)CC1.I. The third kappa shape index (κ3) is 4.67. The molecule has 1 saturated carbocycles. The molecule has 19 heavy (non-hydrogen) atoms. The van der Waals surface area contributed by atoms with Crippen molar-refractivity contribution >= 4 is 41.7 Å². The summed E-state index contributed by atoms with van der Waals surface area (Å²) in [5.74, 6) is 0.727. The van der Waals surface area contributed by atoms with Crippen LogP contribution in [0.2, 0.25) is 0 Å². The maximum Gasteiger partial charge on any atom is 0.191 e. The van der Waals surface area contributed by atoms with Crippen LogP contribution in [-0.2, 0) is 0 Å². The van der Waals surface area contributed by atoms with E-state index in [9.17, 15) is 0 Å². The summed E-state index contributed by atoms with van der Waals surface area (Å²) in [6, 6.07) is 0.650. The fourth-order valence-corrected chi connectivity index (χ4v) is 3.22. The van der Waals surface area contributed by atoms with E-state index in [4.69, 9.17) is 5.73 Å². The maximum absolute atomic E-state index is 6.07. The van der Waals surface area contributed by atoms with Crippen molar-refractivity contribution in [1.29, 1.82) is 0 Å². The highest BCUT2D eigenvalue weighted by Gasteiger charge is 2.33. The van der Waals surface area contributed by atoms with Crippen molar-refractivity contribution < 1.29 is 0 Å². The van der Waals surface area contributed by atoms with Crippen molar-refractivity contribution in [2.24, 2.45) is 10.7 Å². The van der Waals surface area contributed by atoms with E-state index in [1.165, 1.54) is 38.8 Å². The summed E-state index contributed by atoms with van der Waals surface area (Å²) in [6.45, 7) is 3.22. The molecule has 0 bridgehead atoms. The fourth-order valence-electron chi connectivity index (χ4n) is 2.44. The molecular weight excluding hydrogens is 371 g/mol. The van der Waals surface area contributed by atoms with Gasteiger partial charge in [-0.25, -0.2) is 0 Å². The highest BCUT2D eigenvalue weighted by molar-refractivity contribution is 14.0. The molecule has 1 aliphatic carbocycles. The third-order valence-corrected chi connectivity index (χ3v) is 5.72. The zero-order chi connectivity index (χ0) is 13.2. The van der Waals surface area contributed by atoms with Crippen molar-refractivity contribution in [1.82, 2.24) is 9.80 Å². The zero-order valence-corrected chi connectivity index (χ0v) is 15.4. The molecule has 0 amide bonds. The lowest BCUT2D eigenvalue weighted by atomic mass is 9.96. The minimum absolute atomic E-state index is 0. The van der Waals surface area contributed by atoms with Gasteiger partial charge in [0.05, 0.1) is 6.54 Å². The third-order valence-electron chi connectivity index (χ3n) is 4.32. The summed E-state index contributed by atoms with van der Waals surface area (Å²) >= 11 is 1.97. The van der Waals surface area contributed by atoms with E-state index < -0.39 is 0 Å². The molecule has 0 aromatic heterocycles. The Bertz CT molecular complexity index is 312. The monoisotopic (exact) mass is 398 g/mol. The number of piperidine rings is 1. The average Bonchev–Trinajstić information content (AvgIpc) is 3.22. The highest BCUT2D eigenvalue weighted by Crippen LogP contribution is 2.34. The number of halogens is 1. The van der Waals surface area contributed by atoms with Gasteiger partial charge in [0.15, 0.2) is 5.96 Å². The second-order valence-electron chi connectivity index (χ2n) is 5.71. The first-order valence-corrected chi connectivity index (χ1v) is 8.05. The molecule has 0 atom stereocenters. The highest BCUT2D eigenvalue weighted by atomic mass is 127. The molecule has 1 aliphatic heterocycles. The van der Waals surface area contributed by atoms with Crippen molar-refractivity contribution in [3.63, 3.8) is 0 Å². The van der Waals surface area contributed by atoms with Gasteiger partial charge >= 0.3 is 0 Å². The standard InChI is InChI=1S/C13H26N4S.HI/c1-16-8-6-13(18-3,7-9-16)10-15-12(14)17(2)11-4-5-11;/h11H,4-10H2,1-3H3,(H2,14,15);1H. The summed E-state index contributed by atoms with van der Waals surface area (Å²) in [7, 11) is 4.26. The number of hydrogen-bond donors (Lipinski definition) is 1. The summed E-state index contributed by atoms with van der Waals surface area (Å²) < 4.78 is 0.307. The van der Waals surface area contributed by atoms with Gasteiger partial charge in [0.1, 0.15) is 0 Å². The number of rotatable bonds is 4. The van der Waals surface area contributed by atoms with Gasteiger partial charge in [-0.2, -0.15) is 11.8 Å². The quantitative estimate of drug-likeness (QED) is 0.446. The van der Waals surface area contributed by atoms with Crippen LogP contribution in [0.15, 0.2) is 4.99 Å². The van der Waals surface area contributed by atoms with E-state index in [-0.39, 0.29) is 24.0 Å². The number of guanidine groups is 1. The lowest BCUT2D eigenvalue weighted by Crippen LogP contribution is -2.44. The van der Waals surface area contributed by atoms with Gasteiger partial charge in [0.25, 0.3) is 0 Å². The molecule has 0 aromatic carbocycles. The van der Waals surface area contributed by atoms with Crippen LogP contribution < -0.4 is 5.73 Å². The minimum atomic E-state index is 0. The number of thioether (sulfide) groups is 1. The molecule has 0 aromatic rings. The Balaban J connectivity index is 0.00000180. The van der Waals surface area contributed by atoms with Crippen LogP contribution in [0.25, 0.3) is 0 Å². The van der Waals surface area contributed by atoms with Crippen molar-refractivity contribution in [3.05, 3.63) is 0 Å². The van der Waals surface area contributed by atoms with E-state index in [1.54, 1.807) is 0 Å². The van der Waals surface area contributed by atoms with Gasteiger partial charge in [0.2, 0.25) is 0 Å². The lowest BCUT2D eigenvalue weighted by Gasteiger charge is -2.38. The number of aliphatic imine (C=N–C) groups is 1. The number of nitrogens with two attached hydrogens (primary N) is 1. The molecular formula is C13H27IN4S. The molecule has 2 aliphatic rings. The summed E-state index contributed by atoms with van der Waals surface area (Å²) in [5.41, 5.74) is 6.07. The number of hydrogen-bond acceptors (Lipinski definition) is 3. The van der Waals surface area contributed by atoms with Crippen LogP contribution in [0, 0.1) is 0 Å². The maximum atomic E-state index is 6.07. The molecule has 2 fully saturated rings. The molecule has 4 nitrogen and oxygen atoms in total. The fraction of sp³-hybridized carbons (Fsp3) is 0.923. The van der Waals surface area contributed by atoms with Crippen LogP contribution in [-0.4, -0.2) is 66.5 Å². The van der Waals surface area contributed by atoms with Gasteiger partial charge in [0, 0.05) is 17.8 Å². The Hall–Kier alpha value is 0.310. The minimum Gasteiger partial charge on any atom is -0.370 e. The van der Waals surface area contributed by atoms with E-state index in [1.807, 2.05) is 11.8 Å². The molecule has 1 heterocycles. The van der Waals surface area contributed by atoms with Crippen molar-refractivity contribution in [2.45, 2.75) is 36.5 Å².